The first-order valence-electron chi connectivity index (χ1n) is 9.80. The predicted octanol–water partition coefficient (Wildman–Crippen LogP) is 3.13. The van der Waals surface area contributed by atoms with Gasteiger partial charge in [-0.05, 0) is 24.7 Å². The van der Waals surface area contributed by atoms with Gasteiger partial charge in [0.15, 0.2) is 0 Å². The molecule has 0 aliphatic carbocycles. The first-order valence-corrected chi connectivity index (χ1v) is 10.7. The van der Waals surface area contributed by atoms with Crippen LogP contribution in [0, 0.1) is 0 Å². The predicted molar refractivity (Wildman–Crippen MR) is 117 cm³/mol. The van der Waals surface area contributed by atoms with Crippen LogP contribution >= 0.6 is 11.3 Å². The second-order valence-corrected chi connectivity index (χ2v) is 8.25. The molecule has 1 aromatic carbocycles. The number of carbonyl (C=O) groups excluding carboxylic acids is 1. The molecule has 0 saturated carbocycles. The van der Waals surface area contributed by atoms with Crippen LogP contribution in [0.25, 0.3) is 10.6 Å². The lowest BCUT2D eigenvalue weighted by molar-refractivity contribution is -0.115. The highest BCUT2D eigenvalue weighted by molar-refractivity contribution is 7.13. The van der Waals surface area contributed by atoms with E-state index in [1.807, 2.05) is 11.4 Å². The number of benzene rings is 1. The van der Waals surface area contributed by atoms with Crippen LogP contribution in [0.5, 0.6) is 0 Å². The highest BCUT2D eigenvalue weighted by Gasteiger charge is 2.14. The van der Waals surface area contributed by atoms with Gasteiger partial charge in [0, 0.05) is 49.9 Å². The van der Waals surface area contributed by atoms with Crippen LogP contribution in [0.2, 0.25) is 0 Å². The van der Waals surface area contributed by atoms with Gasteiger partial charge in [-0.2, -0.15) is 0 Å². The molecule has 0 spiro atoms. The number of piperazine rings is 1. The number of amides is 1. The Labute approximate surface area is 175 Å². The Morgan fingerprint density at radius 2 is 1.93 bits per heavy atom. The average molecular weight is 408 g/mol. The fourth-order valence-corrected chi connectivity index (χ4v) is 4.17. The molecular formula is C22H25N5OS. The van der Waals surface area contributed by atoms with E-state index in [0.29, 0.717) is 5.69 Å². The normalized spacial score (nSPS) is 15.3. The van der Waals surface area contributed by atoms with Crippen molar-refractivity contribution < 1.29 is 4.79 Å². The van der Waals surface area contributed by atoms with Crippen molar-refractivity contribution in [3.8, 4) is 10.6 Å². The molecule has 7 heteroatoms. The maximum atomic E-state index is 12.2. The average Bonchev–Trinajstić information content (AvgIpc) is 3.19. The number of pyridine rings is 1. The van der Waals surface area contributed by atoms with E-state index < -0.39 is 0 Å². The van der Waals surface area contributed by atoms with Crippen LogP contribution in [0.1, 0.15) is 11.3 Å². The van der Waals surface area contributed by atoms with Crippen LogP contribution in [-0.2, 0) is 17.8 Å². The third-order valence-corrected chi connectivity index (χ3v) is 5.98. The summed E-state index contributed by atoms with van der Waals surface area (Å²) in [4.78, 5) is 25.7. The summed E-state index contributed by atoms with van der Waals surface area (Å²) in [5, 5.41) is 5.74. The fraction of sp³-hybridized carbons (Fsp3) is 0.318. The summed E-state index contributed by atoms with van der Waals surface area (Å²) >= 11 is 1.57. The van der Waals surface area contributed by atoms with E-state index in [1.165, 1.54) is 5.56 Å². The maximum Gasteiger partial charge on any atom is 0.230 e. The number of rotatable bonds is 6. The monoisotopic (exact) mass is 407 g/mol. The number of hydrogen-bond donors (Lipinski definition) is 1. The van der Waals surface area contributed by atoms with Crippen LogP contribution in [0.15, 0.2) is 54.2 Å². The first kappa shape index (κ1) is 19.7. The molecule has 29 heavy (non-hydrogen) atoms. The van der Waals surface area contributed by atoms with Gasteiger partial charge < -0.3 is 10.2 Å². The minimum Gasteiger partial charge on any atom is -0.324 e. The van der Waals surface area contributed by atoms with Gasteiger partial charge in [-0.25, -0.2) is 4.98 Å². The molecule has 0 atom stereocenters. The Morgan fingerprint density at radius 1 is 1.14 bits per heavy atom. The lowest BCUT2D eigenvalue weighted by atomic mass is 10.1. The van der Waals surface area contributed by atoms with Crippen LogP contribution in [0.3, 0.4) is 0 Å². The smallest absolute Gasteiger partial charge is 0.230 e. The molecule has 3 aromatic rings. The van der Waals surface area contributed by atoms with E-state index in [2.05, 4.69) is 56.4 Å². The molecule has 150 valence electrons. The Bertz CT molecular complexity index is 933. The van der Waals surface area contributed by atoms with Gasteiger partial charge in [0.25, 0.3) is 0 Å². The van der Waals surface area contributed by atoms with Gasteiger partial charge >= 0.3 is 0 Å². The molecule has 1 aliphatic rings. The number of thiazole rings is 1. The highest BCUT2D eigenvalue weighted by Crippen LogP contribution is 2.25. The molecule has 3 heterocycles. The van der Waals surface area contributed by atoms with Crippen molar-refractivity contribution in [3.63, 3.8) is 0 Å². The van der Waals surface area contributed by atoms with Gasteiger partial charge in [-0.3, -0.25) is 14.7 Å². The highest BCUT2D eigenvalue weighted by atomic mass is 32.1. The summed E-state index contributed by atoms with van der Waals surface area (Å²) in [5.74, 6) is -0.0858. The molecule has 0 bridgehead atoms. The summed E-state index contributed by atoms with van der Waals surface area (Å²) in [5.41, 5.74) is 3.90. The number of aromatic nitrogens is 2. The van der Waals surface area contributed by atoms with Crippen molar-refractivity contribution in [1.29, 1.82) is 0 Å². The summed E-state index contributed by atoms with van der Waals surface area (Å²) in [7, 11) is 2.18. The van der Waals surface area contributed by atoms with Crippen LogP contribution < -0.4 is 5.32 Å². The summed E-state index contributed by atoms with van der Waals surface area (Å²) < 4.78 is 0. The van der Waals surface area contributed by atoms with E-state index in [0.717, 1.165) is 49.0 Å². The molecular weight excluding hydrogens is 382 g/mol. The lowest BCUT2D eigenvalue weighted by Gasteiger charge is -2.32. The Kier molecular flexibility index (Phi) is 6.29. The molecule has 1 fully saturated rings. The lowest BCUT2D eigenvalue weighted by Crippen LogP contribution is -2.43. The number of carbonyl (C=O) groups is 1. The molecule has 0 unspecified atom stereocenters. The molecule has 1 saturated heterocycles. The standard InChI is InChI=1S/C22H25N5OS/c1-26-9-11-27(12-10-26)15-17-4-6-18(7-5-17)22-25-20(16-29-22)13-21(28)24-19-3-2-8-23-14-19/h2-8,14,16H,9-13,15H2,1H3,(H,24,28). The molecule has 6 nitrogen and oxygen atoms in total. The van der Waals surface area contributed by atoms with E-state index in [-0.39, 0.29) is 12.3 Å². The van der Waals surface area contributed by atoms with Crippen molar-refractivity contribution in [1.82, 2.24) is 19.8 Å². The molecule has 2 aromatic heterocycles. The quantitative estimate of drug-likeness (QED) is 0.680. The molecule has 1 amide bonds. The zero-order valence-corrected chi connectivity index (χ0v) is 17.4. The van der Waals surface area contributed by atoms with Gasteiger partial charge in [0.1, 0.15) is 5.01 Å². The topological polar surface area (TPSA) is 61.4 Å². The second-order valence-electron chi connectivity index (χ2n) is 7.39. The molecule has 4 rings (SSSR count). The SMILES string of the molecule is CN1CCN(Cc2ccc(-c3nc(CC(=O)Nc4cccnc4)cs3)cc2)CC1. The van der Waals surface area contributed by atoms with Crippen molar-refractivity contribution >= 4 is 22.9 Å². The van der Waals surface area contributed by atoms with Gasteiger partial charge in [0.2, 0.25) is 5.91 Å². The summed E-state index contributed by atoms with van der Waals surface area (Å²) in [6.07, 6.45) is 3.57. The van der Waals surface area contributed by atoms with Crippen molar-refractivity contribution in [2.75, 3.05) is 38.5 Å². The first-order chi connectivity index (χ1) is 14.2. The van der Waals surface area contributed by atoms with Crippen LogP contribution in [0.4, 0.5) is 5.69 Å². The minimum absolute atomic E-state index is 0.0858. The summed E-state index contributed by atoms with van der Waals surface area (Å²) in [6, 6.07) is 12.2. The second kappa shape index (κ2) is 9.26. The zero-order chi connectivity index (χ0) is 20.1. The number of hydrogen-bond acceptors (Lipinski definition) is 6. The van der Waals surface area contributed by atoms with E-state index in [9.17, 15) is 4.79 Å². The Morgan fingerprint density at radius 3 is 2.66 bits per heavy atom. The third-order valence-electron chi connectivity index (χ3n) is 5.04. The number of likely N-dealkylation sites (N-methyl/N-ethyl adjacent to an activating group) is 1. The Hall–Kier alpha value is -2.61. The van der Waals surface area contributed by atoms with Crippen LogP contribution in [-0.4, -0.2) is 58.9 Å². The number of anilines is 1. The van der Waals surface area contributed by atoms with E-state index in [1.54, 1.807) is 29.8 Å². The largest absolute Gasteiger partial charge is 0.324 e. The van der Waals surface area contributed by atoms with Gasteiger partial charge in [0.05, 0.1) is 24.0 Å². The van der Waals surface area contributed by atoms with Gasteiger partial charge in [-0.15, -0.1) is 11.3 Å². The Balaban J connectivity index is 1.33. The third kappa shape index (κ3) is 5.47. The number of nitrogens with zero attached hydrogens (tertiary/aromatic N) is 4. The number of nitrogens with one attached hydrogen (secondary N) is 1. The summed E-state index contributed by atoms with van der Waals surface area (Å²) in [6.45, 7) is 5.50. The van der Waals surface area contributed by atoms with Crippen molar-refractivity contribution in [2.24, 2.45) is 0 Å². The van der Waals surface area contributed by atoms with Crippen molar-refractivity contribution in [2.45, 2.75) is 13.0 Å². The van der Waals surface area contributed by atoms with E-state index in [4.69, 9.17) is 0 Å². The fourth-order valence-electron chi connectivity index (χ4n) is 3.34. The maximum absolute atomic E-state index is 12.2. The van der Waals surface area contributed by atoms with Gasteiger partial charge in [-0.1, -0.05) is 24.3 Å². The zero-order valence-electron chi connectivity index (χ0n) is 16.5. The van der Waals surface area contributed by atoms with E-state index >= 15 is 0 Å². The molecule has 1 aliphatic heterocycles. The minimum atomic E-state index is -0.0858. The van der Waals surface area contributed by atoms with Crippen molar-refractivity contribution in [3.05, 3.63) is 65.4 Å². The molecule has 1 N–H and O–H groups in total. The molecule has 0 radical (unpaired) electrons.